The second-order valence-electron chi connectivity index (χ2n) is 6.77. The summed E-state index contributed by atoms with van der Waals surface area (Å²) in [6.07, 6.45) is 16.6. The molecule has 2 N–H and O–H groups in total. The molecule has 0 spiro atoms. The number of rotatable bonds is 17. The lowest BCUT2D eigenvalue weighted by atomic mass is 10.0. The molecule has 0 aliphatic carbocycles. The molecule has 0 saturated carbocycles. The van der Waals surface area contributed by atoms with E-state index in [-0.39, 0.29) is 6.61 Å². The van der Waals surface area contributed by atoms with Crippen LogP contribution in [-0.2, 0) is 14.3 Å². The van der Waals surface area contributed by atoms with Crippen LogP contribution in [0.1, 0.15) is 90.9 Å². The van der Waals surface area contributed by atoms with E-state index in [1.54, 1.807) is 13.0 Å². The molecule has 0 aromatic carbocycles. The van der Waals surface area contributed by atoms with Gasteiger partial charge in [0.15, 0.2) is 11.8 Å². The zero-order valence-corrected chi connectivity index (χ0v) is 17.0. The van der Waals surface area contributed by atoms with Crippen molar-refractivity contribution in [3.8, 4) is 0 Å². The van der Waals surface area contributed by atoms with Gasteiger partial charge in [0.2, 0.25) is 0 Å². The zero-order chi connectivity index (χ0) is 20.3. The predicted molar refractivity (Wildman–Crippen MR) is 107 cm³/mol. The normalized spacial score (nSPS) is 12.1. The molecule has 6 nitrogen and oxygen atoms in total. The summed E-state index contributed by atoms with van der Waals surface area (Å²) in [7, 11) is 0. The monoisotopic (exact) mass is 383 g/mol. The van der Waals surface area contributed by atoms with Crippen LogP contribution in [0.25, 0.3) is 0 Å². The fourth-order valence-corrected chi connectivity index (χ4v) is 2.77. The molecule has 0 aliphatic rings. The van der Waals surface area contributed by atoms with Gasteiger partial charge in [-0.2, -0.15) is 0 Å². The SMILES string of the molecule is CCCCCCCCCCCCC/C=C/C(=O)C(NC(=O)OCC)C(=O)O. The molecule has 0 bridgehead atoms. The minimum absolute atomic E-state index is 0.112. The Bertz CT molecular complexity index is 448. The smallest absolute Gasteiger partial charge is 0.408 e. The van der Waals surface area contributed by atoms with Crippen LogP contribution < -0.4 is 5.32 Å². The van der Waals surface area contributed by atoms with Crippen molar-refractivity contribution in [1.82, 2.24) is 5.32 Å². The first-order valence-corrected chi connectivity index (χ1v) is 10.4. The lowest BCUT2D eigenvalue weighted by Crippen LogP contribution is -2.46. The molecule has 0 saturated heterocycles. The Morgan fingerprint density at radius 1 is 0.889 bits per heavy atom. The van der Waals surface area contributed by atoms with Crippen LogP contribution in [0.5, 0.6) is 0 Å². The molecule has 27 heavy (non-hydrogen) atoms. The summed E-state index contributed by atoms with van der Waals surface area (Å²) in [6, 6.07) is -1.60. The number of carboxylic acid groups (broad SMARTS) is 1. The quantitative estimate of drug-likeness (QED) is 0.209. The van der Waals surface area contributed by atoms with Gasteiger partial charge in [-0.05, 0) is 25.8 Å². The van der Waals surface area contributed by atoms with Crippen molar-refractivity contribution in [2.45, 2.75) is 96.9 Å². The topological polar surface area (TPSA) is 92.7 Å². The van der Waals surface area contributed by atoms with Gasteiger partial charge in [-0.3, -0.25) is 4.79 Å². The number of hydrogen-bond acceptors (Lipinski definition) is 4. The van der Waals surface area contributed by atoms with Crippen LogP contribution in [0.3, 0.4) is 0 Å². The lowest BCUT2D eigenvalue weighted by molar-refractivity contribution is -0.142. The van der Waals surface area contributed by atoms with Crippen molar-refractivity contribution in [3.63, 3.8) is 0 Å². The number of aliphatic carboxylic acids is 1. The molecule has 6 heteroatoms. The van der Waals surface area contributed by atoms with E-state index in [0.29, 0.717) is 0 Å². The highest BCUT2D eigenvalue weighted by Crippen LogP contribution is 2.12. The van der Waals surface area contributed by atoms with Gasteiger partial charge in [0.05, 0.1) is 6.61 Å². The van der Waals surface area contributed by atoms with E-state index in [9.17, 15) is 14.4 Å². The van der Waals surface area contributed by atoms with E-state index in [1.807, 2.05) is 0 Å². The Labute approximate surface area is 163 Å². The number of unbranched alkanes of at least 4 members (excludes halogenated alkanes) is 11. The summed E-state index contributed by atoms with van der Waals surface area (Å²) in [5.41, 5.74) is 0. The number of allylic oxidation sites excluding steroid dienone is 1. The number of amides is 1. The summed E-state index contributed by atoms with van der Waals surface area (Å²) < 4.78 is 4.61. The van der Waals surface area contributed by atoms with E-state index < -0.39 is 23.9 Å². The maximum atomic E-state index is 11.9. The Morgan fingerprint density at radius 3 is 1.89 bits per heavy atom. The van der Waals surface area contributed by atoms with Crippen molar-refractivity contribution in [2.75, 3.05) is 6.61 Å². The van der Waals surface area contributed by atoms with Crippen molar-refractivity contribution in [2.24, 2.45) is 0 Å². The second kappa shape index (κ2) is 17.6. The van der Waals surface area contributed by atoms with E-state index in [2.05, 4.69) is 17.0 Å². The van der Waals surface area contributed by atoms with Crippen molar-refractivity contribution >= 4 is 17.8 Å². The fraction of sp³-hybridized carbons (Fsp3) is 0.762. The highest BCUT2D eigenvalue weighted by molar-refractivity contribution is 6.09. The average molecular weight is 384 g/mol. The fourth-order valence-electron chi connectivity index (χ4n) is 2.77. The largest absolute Gasteiger partial charge is 0.479 e. The van der Waals surface area contributed by atoms with Gasteiger partial charge in [0, 0.05) is 0 Å². The molecule has 0 radical (unpaired) electrons. The van der Waals surface area contributed by atoms with Crippen LogP contribution in [0.4, 0.5) is 4.79 Å². The Balaban J connectivity index is 3.77. The van der Waals surface area contributed by atoms with E-state index >= 15 is 0 Å². The summed E-state index contributed by atoms with van der Waals surface area (Å²) >= 11 is 0. The molecular weight excluding hydrogens is 346 g/mol. The van der Waals surface area contributed by atoms with Gasteiger partial charge in [-0.15, -0.1) is 0 Å². The van der Waals surface area contributed by atoms with Gasteiger partial charge in [-0.1, -0.05) is 77.2 Å². The Hall–Kier alpha value is -1.85. The summed E-state index contributed by atoms with van der Waals surface area (Å²) in [6.45, 7) is 3.95. The molecule has 0 aromatic rings. The summed E-state index contributed by atoms with van der Waals surface area (Å²) in [5, 5.41) is 11.1. The van der Waals surface area contributed by atoms with Crippen molar-refractivity contribution < 1.29 is 24.2 Å². The summed E-state index contributed by atoms with van der Waals surface area (Å²) in [4.78, 5) is 34.3. The molecule has 1 unspecified atom stereocenters. The minimum Gasteiger partial charge on any atom is -0.479 e. The van der Waals surface area contributed by atoms with Crippen molar-refractivity contribution in [3.05, 3.63) is 12.2 Å². The minimum atomic E-state index is -1.60. The highest BCUT2D eigenvalue weighted by atomic mass is 16.5. The molecule has 1 atom stereocenters. The maximum absolute atomic E-state index is 11.9. The van der Waals surface area contributed by atoms with Crippen LogP contribution in [0.15, 0.2) is 12.2 Å². The van der Waals surface area contributed by atoms with Crippen molar-refractivity contribution in [1.29, 1.82) is 0 Å². The third-order valence-corrected chi connectivity index (χ3v) is 4.33. The Kier molecular flexibility index (Phi) is 16.4. The predicted octanol–water partition coefficient (Wildman–Crippen LogP) is 5.01. The molecule has 0 rings (SSSR count). The van der Waals surface area contributed by atoms with E-state index in [4.69, 9.17) is 5.11 Å². The molecule has 0 heterocycles. The van der Waals surface area contributed by atoms with Gasteiger partial charge in [0.1, 0.15) is 0 Å². The number of alkyl carbamates (subject to hydrolysis) is 1. The third kappa shape index (κ3) is 15.0. The molecule has 0 fully saturated rings. The Morgan fingerprint density at radius 2 is 1.41 bits per heavy atom. The first kappa shape index (κ1) is 25.1. The van der Waals surface area contributed by atoms with Gasteiger partial charge < -0.3 is 15.2 Å². The number of nitrogens with one attached hydrogen (secondary N) is 1. The van der Waals surface area contributed by atoms with Crippen LogP contribution in [0.2, 0.25) is 0 Å². The molecule has 0 aromatic heterocycles. The number of hydrogen-bond donors (Lipinski definition) is 2. The van der Waals surface area contributed by atoms with Crippen LogP contribution in [0, 0.1) is 0 Å². The highest BCUT2D eigenvalue weighted by Gasteiger charge is 2.26. The maximum Gasteiger partial charge on any atom is 0.408 e. The lowest BCUT2D eigenvalue weighted by Gasteiger charge is -2.11. The van der Waals surface area contributed by atoms with E-state index in [0.717, 1.165) is 19.3 Å². The first-order valence-electron chi connectivity index (χ1n) is 10.4. The van der Waals surface area contributed by atoms with Gasteiger partial charge in [-0.25, -0.2) is 9.59 Å². The first-order chi connectivity index (χ1) is 13.0. The average Bonchev–Trinajstić information content (AvgIpc) is 2.63. The molecule has 156 valence electrons. The number of ether oxygens (including phenoxy) is 1. The number of carbonyl (C=O) groups excluding carboxylic acids is 2. The third-order valence-electron chi connectivity index (χ3n) is 4.33. The summed E-state index contributed by atoms with van der Waals surface area (Å²) in [5.74, 6) is -2.05. The van der Waals surface area contributed by atoms with Gasteiger partial charge >= 0.3 is 12.1 Å². The second-order valence-corrected chi connectivity index (χ2v) is 6.77. The van der Waals surface area contributed by atoms with Crippen LogP contribution >= 0.6 is 0 Å². The zero-order valence-electron chi connectivity index (χ0n) is 17.0. The van der Waals surface area contributed by atoms with E-state index in [1.165, 1.54) is 63.9 Å². The number of carboxylic acids is 1. The van der Waals surface area contributed by atoms with Gasteiger partial charge in [0.25, 0.3) is 0 Å². The van der Waals surface area contributed by atoms with Crippen LogP contribution in [-0.4, -0.2) is 35.6 Å². The number of ketones is 1. The standard InChI is InChI=1S/C21H37NO5/c1-3-5-6-7-8-9-10-11-12-13-14-15-16-17-18(23)19(20(24)25)22-21(26)27-4-2/h16-17,19H,3-15H2,1-2H3,(H,22,26)(H,24,25)/b17-16+. The number of carbonyl (C=O) groups is 3. The molecule has 0 aliphatic heterocycles. The molecular formula is C21H37NO5. The molecule has 1 amide bonds.